The maximum absolute atomic E-state index is 5.74. The molecule has 3 aromatic rings. The summed E-state index contributed by atoms with van der Waals surface area (Å²) in [4.78, 5) is 12.0. The first-order chi connectivity index (χ1) is 13.1. The van der Waals surface area contributed by atoms with Crippen LogP contribution in [0.25, 0.3) is 11.2 Å². The second-order valence-corrected chi connectivity index (χ2v) is 7.59. The van der Waals surface area contributed by atoms with Crippen LogP contribution in [0.2, 0.25) is 0 Å². The summed E-state index contributed by atoms with van der Waals surface area (Å²) in [6, 6.07) is 12.5. The zero-order chi connectivity index (χ0) is 18.8. The summed E-state index contributed by atoms with van der Waals surface area (Å²) in [5.41, 5.74) is 3.35. The number of fused-ring (bicyclic) bond motifs is 1. The Morgan fingerprint density at radius 2 is 2.00 bits per heavy atom. The topological polar surface area (TPSA) is 43.2 Å². The second kappa shape index (κ2) is 7.69. The van der Waals surface area contributed by atoms with E-state index >= 15 is 0 Å². The summed E-state index contributed by atoms with van der Waals surface area (Å²) in [7, 11) is 0. The van der Waals surface area contributed by atoms with Gasteiger partial charge >= 0.3 is 0 Å². The number of benzene rings is 1. The van der Waals surface area contributed by atoms with Crippen molar-refractivity contribution in [2.45, 2.75) is 52.3 Å². The van der Waals surface area contributed by atoms with E-state index in [1.807, 2.05) is 12.3 Å². The molecule has 0 aliphatic carbocycles. The summed E-state index contributed by atoms with van der Waals surface area (Å²) in [5, 5.41) is 0. The van der Waals surface area contributed by atoms with Gasteiger partial charge in [0.1, 0.15) is 17.1 Å². The predicted molar refractivity (Wildman–Crippen MR) is 108 cm³/mol. The first-order valence-electron chi connectivity index (χ1n) is 9.93. The Morgan fingerprint density at radius 1 is 1.19 bits per heavy atom. The number of pyridine rings is 1. The molecular formula is C22H28N4O. The van der Waals surface area contributed by atoms with Gasteiger partial charge in [0, 0.05) is 31.7 Å². The van der Waals surface area contributed by atoms with Crippen LogP contribution in [0.5, 0.6) is 5.75 Å². The van der Waals surface area contributed by atoms with Gasteiger partial charge in [0.2, 0.25) is 0 Å². The van der Waals surface area contributed by atoms with E-state index in [4.69, 9.17) is 9.72 Å². The van der Waals surface area contributed by atoms with Crippen molar-refractivity contribution in [3.63, 3.8) is 0 Å². The zero-order valence-corrected chi connectivity index (χ0v) is 16.4. The number of aryl methyl sites for hydroxylation is 1. The van der Waals surface area contributed by atoms with E-state index in [0.717, 1.165) is 49.5 Å². The average molecular weight is 364 g/mol. The Labute approximate surface area is 161 Å². The molecule has 3 heterocycles. The van der Waals surface area contributed by atoms with Gasteiger partial charge in [-0.05, 0) is 63.6 Å². The Hall–Kier alpha value is -2.40. The highest BCUT2D eigenvalue weighted by Crippen LogP contribution is 2.30. The average Bonchev–Trinajstić information content (AvgIpc) is 3.26. The van der Waals surface area contributed by atoms with Gasteiger partial charge in [-0.3, -0.25) is 4.90 Å². The van der Waals surface area contributed by atoms with Crippen LogP contribution in [0.1, 0.15) is 44.5 Å². The van der Waals surface area contributed by atoms with E-state index in [-0.39, 0.29) is 6.10 Å². The first-order valence-corrected chi connectivity index (χ1v) is 9.93. The van der Waals surface area contributed by atoms with Crippen molar-refractivity contribution in [1.82, 2.24) is 19.4 Å². The number of hydrogen-bond donors (Lipinski definition) is 0. The van der Waals surface area contributed by atoms with E-state index in [9.17, 15) is 0 Å². The van der Waals surface area contributed by atoms with Gasteiger partial charge in [0.25, 0.3) is 0 Å². The molecule has 142 valence electrons. The maximum Gasteiger partial charge on any atom is 0.159 e. The molecule has 1 aliphatic heterocycles. The van der Waals surface area contributed by atoms with Crippen LogP contribution in [-0.2, 0) is 13.1 Å². The molecule has 1 aliphatic rings. The molecule has 5 nitrogen and oxygen atoms in total. The lowest BCUT2D eigenvalue weighted by Gasteiger charge is -2.17. The number of imidazole rings is 1. The summed E-state index contributed by atoms with van der Waals surface area (Å²) >= 11 is 0. The SMILES string of the molecule is CCn1c([C@H]2CCN(Cc3ccc(OC(C)C)cc3)C2)nc2cccnc21. The van der Waals surface area contributed by atoms with E-state index in [1.54, 1.807) is 0 Å². The van der Waals surface area contributed by atoms with Gasteiger partial charge in [-0.2, -0.15) is 0 Å². The Balaban J connectivity index is 1.45. The minimum atomic E-state index is 0.211. The number of nitrogens with zero attached hydrogens (tertiary/aromatic N) is 4. The van der Waals surface area contributed by atoms with Crippen molar-refractivity contribution in [3.05, 3.63) is 54.0 Å². The number of aromatic nitrogens is 3. The third-order valence-electron chi connectivity index (χ3n) is 5.19. The van der Waals surface area contributed by atoms with Crippen molar-refractivity contribution in [2.24, 2.45) is 0 Å². The summed E-state index contributed by atoms with van der Waals surface area (Å²) in [6.07, 6.45) is 3.22. The van der Waals surface area contributed by atoms with Crippen LogP contribution in [-0.4, -0.2) is 38.6 Å². The fourth-order valence-corrected chi connectivity index (χ4v) is 3.99. The zero-order valence-electron chi connectivity index (χ0n) is 16.4. The van der Waals surface area contributed by atoms with Gasteiger partial charge in [-0.15, -0.1) is 0 Å². The third-order valence-corrected chi connectivity index (χ3v) is 5.19. The van der Waals surface area contributed by atoms with E-state index in [0.29, 0.717) is 5.92 Å². The van der Waals surface area contributed by atoms with Crippen molar-refractivity contribution < 1.29 is 4.74 Å². The smallest absolute Gasteiger partial charge is 0.159 e. The molecule has 1 fully saturated rings. The minimum absolute atomic E-state index is 0.211. The Kier molecular flexibility index (Phi) is 5.12. The van der Waals surface area contributed by atoms with Gasteiger partial charge in [-0.25, -0.2) is 9.97 Å². The fraction of sp³-hybridized carbons (Fsp3) is 0.455. The highest BCUT2D eigenvalue weighted by Gasteiger charge is 2.28. The molecule has 0 saturated carbocycles. The van der Waals surface area contributed by atoms with Gasteiger partial charge in [0.15, 0.2) is 5.65 Å². The molecule has 5 heteroatoms. The number of rotatable bonds is 6. The first kappa shape index (κ1) is 18.0. The molecule has 2 aromatic heterocycles. The van der Waals surface area contributed by atoms with Gasteiger partial charge in [0.05, 0.1) is 6.10 Å². The highest BCUT2D eigenvalue weighted by molar-refractivity contribution is 5.71. The van der Waals surface area contributed by atoms with E-state index in [1.165, 1.54) is 11.4 Å². The third kappa shape index (κ3) is 3.83. The van der Waals surface area contributed by atoms with Crippen LogP contribution in [0.15, 0.2) is 42.6 Å². The minimum Gasteiger partial charge on any atom is -0.491 e. The molecule has 27 heavy (non-hydrogen) atoms. The van der Waals surface area contributed by atoms with Crippen molar-refractivity contribution in [2.75, 3.05) is 13.1 Å². The largest absolute Gasteiger partial charge is 0.491 e. The molecule has 0 unspecified atom stereocenters. The lowest BCUT2D eigenvalue weighted by molar-refractivity contribution is 0.242. The predicted octanol–water partition coefficient (Wildman–Crippen LogP) is 4.23. The molecule has 1 saturated heterocycles. The lowest BCUT2D eigenvalue weighted by atomic mass is 10.1. The van der Waals surface area contributed by atoms with E-state index in [2.05, 4.69) is 65.6 Å². The standard InChI is InChI=1S/C22H28N4O/c1-4-26-21(24-20-6-5-12-23-22(20)26)18-11-13-25(15-18)14-17-7-9-19(10-8-17)27-16(2)3/h5-10,12,16,18H,4,11,13-15H2,1-3H3/t18-/m0/s1. The summed E-state index contributed by atoms with van der Waals surface area (Å²) < 4.78 is 8.02. The van der Waals surface area contributed by atoms with Gasteiger partial charge in [-0.1, -0.05) is 12.1 Å². The quantitative estimate of drug-likeness (QED) is 0.656. The Bertz CT molecular complexity index is 900. The van der Waals surface area contributed by atoms with Gasteiger partial charge < -0.3 is 9.30 Å². The van der Waals surface area contributed by atoms with Crippen LogP contribution < -0.4 is 4.74 Å². The molecule has 0 N–H and O–H groups in total. The molecular weight excluding hydrogens is 336 g/mol. The molecule has 1 aromatic carbocycles. The second-order valence-electron chi connectivity index (χ2n) is 7.59. The molecule has 0 spiro atoms. The van der Waals surface area contributed by atoms with Crippen molar-refractivity contribution in [3.8, 4) is 5.75 Å². The molecule has 4 rings (SSSR count). The molecule has 1 atom stereocenters. The van der Waals surface area contributed by atoms with Crippen LogP contribution in [0.4, 0.5) is 0 Å². The number of ether oxygens (including phenoxy) is 1. The molecule has 0 bridgehead atoms. The number of hydrogen-bond acceptors (Lipinski definition) is 4. The fourth-order valence-electron chi connectivity index (χ4n) is 3.99. The Morgan fingerprint density at radius 3 is 2.74 bits per heavy atom. The van der Waals surface area contributed by atoms with Crippen molar-refractivity contribution in [1.29, 1.82) is 0 Å². The van der Waals surface area contributed by atoms with Crippen molar-refractivity contribution >= 4 is 11.2 Å². The van der Waals surface area contributed by atoms with E-state index < -0.39 is 0 Å². The highest BCUT2D eigenvalue weighted by atomic mass is 16.5. The van der Waals surface area contributed by atoms with Crippen LogP contribution in [0.3, 0.4) is 0 Å². The molecule has 0 amide bonds. The number of likely N-dealkylation sites (tertiary alicyclic amines) is 1. The van der Waals surface area contributed by atoms with Crippen LogP contribution in [0, 0.1) is 0 Å². The van der Waals surface area contributed by atoms with Crippen LogP contribution >= 0.6 is 0 Å². The lowest BCUT2D eigenvalue weighted by Crippen LogP contribution is -2.20. The summed E-state index contributed by atoms with van der Waals surface area (Å²) in [6.45, 7) is 10.3. The normalized spacial score (nSPS) is 17.9. The monoisotopic (exact) mass is 364 g/mol. The molecule has 0 radical (unpaired) electrons. The maximum atomic E-state index is 5.74. The summed E-state index contributed by atoms with van der Waals surface area (Å²) in [5.74, 6) is 2.61.